The highest BCUT2D eigenvalue weighted by atomic mass is 32.2. The van der Waals surface area contributed by atoms with Crippen molar-refractivity contribution in [3.05, 3.63) is 41.4 Å². The predicted molar refractivity (Wildman–Crippen MR) is 123 cm³/mol. The van der Waals surface area contributed by atoms with Gasteiger partial charge in [-0.25, -0.2) is 13.4 Å². The molecule has 2 N–H and O–H groups in total. The number of anilines is 1. The number of benzene rings is 1. The van der Waals surface area contributed by atoms with Gasteiger partial charge in [-0.3, -0.25) is 9.69 Å². The van der Waals surface area contributed by atoms with Crippen molar-refractivity contribution in [2.45, 2.75) is 43.2 Å². The zero-order chi connectivity index (χ0) is 21.4. The van der Waals surface area contributed by atoms with Crippen molar-refractivity contribution in [1.82, 2.24) is 14.6 Å². The summed E-state index contributed by atoms with van der Waals surface area (Å²) in [6, 6.07) is 7.23. The Hall–Kier alpha value is -1.46. The Labute approximate surface area is 186 Å². The molecule has 1 saturated heterocycles. The van der Waals surface area contributed by atoms with Crippen molar-refractivity contribution in [2.24, 2.45) is 0 Å². The smallest absolute Gasteiger partial charge is 0.244 e. The van der Waals surface area contributed by atoms with Gasteiger partial charge in [0.2, 0.25) is 15.9 Å². The average molecular weight is 469 g/mol. The number of sulfonamides is 1. The fourth-order valence-electron chi connectivity index (χ4n) is 3.31. The van der Waals surface area contributed by atoms with Crippen LogP contribution in [0.15, 0.2) is 40.6 Å². The van der Waals surface area contributed by atoms with Gasteiger partial charge in [0.1, 0.15) is 6.04 Å². The minimum atomic E-state index is -3.78. The molecule has 0 bridgehead atoms. The van der Waals surface area contributed by atoms with Crippen LogP contribution in [0, 0.1) is 0 Å². The van der Waals surface area contributed by atoms with E-state index >= 15 is 0 Å². The van der Waals surface area contributed by atoms with Gasteiger partial charge in [-0.15, -0.1) is 11.3 Å². The first-order valence-electron chi connectivity index (χ1n) is 10.0. The number of nitrogens with zero attached hydrogens (tertiary/aromatic N) is 2. The van der Waals surface area contributed by atoms with E-state index in [1.165, 1.54) is 42.7 Å². The van der Waals surface area contributed by atoms with E-state index in [4.69, 9.17) is 0 Å². The Morgan fingerprint density at radius 1 is 1.23 bits per heavy atom. The number of carbonyl (C=O) groups is 1. The van der Waals surface area contributed by atoms with Crippen molar-refractivity contribution >= 4 is 44.2 Å². The third-order valence-corrected chi connectivity index (χ3v) is 7.83. The summed E-state index contributed by atoms with van der Waals surface area (Å²) in [4.78, 5) is 19.9. The number of nitrogens with one attached hydrogen (secondary N) is 2. The summed E-state index contributed by atoms with van der Waals surface area (Å²) in [5, 5.41) is 5.25. The summed E-state index contributed by atoms with van der Waals surface area (Å²) >= 11 is 2.94. The molecule has 7 nitrogen and oxygen atoms in total. The van der Waals surface area contributed by atoms with E-state index in [0.717, 1.165) is 25.3 Å². The number of piperidine rings is 1. The minimum absolute atomic E-state index is 0.144. The highest BCUT2D eigenvalue weighted by Crippen LogP contribution is 2.20. The topological polar surface area (TPSA) is 91.4 Å². The maximum absolute atomic E-state index is 12.8. The number of likely N-dealkylation sites (tertiary alicyclic amines) is 1. The number of thiazole rings is 1. The van der Waals surface area contributed by atoms with Crippen LogP contribution in [0.3, 0.4) is 0 Å². The first-order valence-corrected chi connectivity index (χ1v) is 13.8. The van der Waals surface area contributed by atoms with Crippen LogP contribution < -0.4 is 10.0 Å². The molecule has 0 spiro atoms. The standard InChI is InChI=1S/C20H28N4O3S3/c1-28-13-10-18(23-30(26,27)17-8-4-2-5-9-17)19(25)22-20-21-16(15-29-20)14-24-11-6-3-7-12-24/h2,4-5,8-9,15,18,23H,3,6-7,10-14H2,1H3,(H,21,22,25). The molecule has 10 heteroatoms. The Morgan fingerprint density at radius 3 is 2.67 bits per heavy atom. The van der Waals surface area contributed by atoms with Crippen molar-refractivity contribution in [3.8, 4) is 0 Å². The quantitative estimate of drug-likeness (QED) is 0.557. The molecule has 0 radical (unpaired) electrons. The lowest BCUT2D eigenvalue weighted by Gasteiger charge is -2.25. The van der Waals surface area contributed by atoms with E-state index in [2.05, 4.69) is 19.9 Å². The van der Waals surface area contributed by atoms with E-state index in [1.807, 2.05) is 11.6 Å². The predicted octanol–water partition coefficient (Wildman–Crippen LogP) is 3.17. The number of carbonyl (C=O) groups excluding carboxylic acids is 1. The number of aromatic nitrogens is 1. The monoisotopic (exact) mass is 468 g/mol. The lowest BCUT2D eigenvalue weighted by molar-refractivity contribution is -0.117. The Bertz CT molecular complexity index is 912. The lowest BCUT2D eigenvalue weighted by atomic mass is 10.1. The van der Waals surface area contributed by atoms with E-state index in [0.29, 0.717) is 17.3 Å². The third kappa shape index (κ3) is 6.78. The van der Waals surface area contributed by atoms with Crippen LogP contribution in [0.5, 0.6) is 0 Å². The molecule has 0 aliphatic carbocycles. The van der Waals surface area contributed by atoms with Gasteiger partial charge < -0.3 is 5.32 Å². The third-order valence-electron chi connectivity index (χ3n) is 4.89. The highest BCUT2D eigenvalue weighted by Gasteiger charge is 2.26. The van der Waals surface area contributed by atoms with Gasteiger partial charge in [0.15, 0.2) is 5.13 Å². The number of hydrogen-bond acceptors (Lipinski definition) is 7. The van der Waals surface area contributed by atoms with Gasteiger partial charge >= 0.3 is 0 Å². The zero-order valence-corrected chi connectivity index (χ0v) is 19.5. The molecule has 1 atom stereocenters. The molecule has 1 aliphatic rings. The molecule has 2 aromatic rings. The average Bonchev–Trinajstić information content (AvgIpc) is 3.19. The second-order valence-corrected chi connectivity index (χ2v) is 10.8. The summed E-state index contributed by atoms with van der Waals surface area (Å²) in [7, 11) is -3.78. The van der Waals surface area contributed by atoms with Crippen LogP contribution in [-0.4, -0.2) is 55.3 Å². The molecule has 2 heterocycles. The first kappa shape index (κ1) is 23.2. The molecule has 1 aromatic heterocycles. The van der Waals surface area contributed by atoms with Gasteiger partial charge in [-0.05, 0) is 56.5 Å². The Kier molecular flexibility index (Phi) is 8.70. The summed E-state index contributed by atoms with van der Waals surface area (Å²) in [6.45, 7) is 2.94. The fraction of sp³-hybridized carbons (Fsp3) is 0.500. The Morgan fingerprint density at radius 2 is 1.97 bits per heavy atom. The van der Waals surface area contributed by atoms with Crippen LogP contribution in [0.25, 0.3) is 0 Å². The highest BCUT2D eigenvalue weighted by molar-refractivity contribution is 7.98. The first-order chi connectivity index (χ1) is 14.5. The molecule has 3 rings (SSSR count). The molecule has 1 amide bonds. The van der Waals surface area contributed by atoms with Crippen LogP contribution in [0.1, 0.15) is 31.4 Å². The van der Waals surface area contributed by atoms with Crippen LogP contribution in [0.2, 0.25) is 0 Å². The normalized spacial score (nSPS) is 16.3. The van der Waals surface area contributed by atoms with Gasteiger partial charge in [0, 0.05) is 11.9 Å². The van der Waals surface area contributed by atoms with Crippen molar-refractivity contribution in [3.63, 3.8) is 0 Å². The van der Waals surface area contributed by atoms with Crippen molar-refractivity contribution in [2.75, 3.05) is 30.4 Å². The lowest BCUT2D eigenvalue weighted by Crippen LogP contribution is -2.44. The number of amides is 1. The molecule has 0 saturated carbocycles. The SMILES string of the molecule is CSCCC(NS(=O)(=O)c1ccccc1)C(=O)Nc1nc(CN2CCCCC2)cs1. The second-order valence-electron chi connectivity index (χ2n) is 7.24. The summed E-state index contributed by atoms with van der Waals surface area (Å²) < 4.78 is 27.9. The molecule has 1 aromatic carbocycles. The molecule has 1 fully saturated rings. The number of thioether (sulfide) groups is 1. The molecule has 30 heavy (non-hydrogen) atoms. The van der Waals surface area contributed by atoms with Gasteiger partial charge in [-0.2, -0.15) is 16.5 Å². The summed E-state index contributed by atoms with van der Waals surface area (Å²) in [5.41, 5.74) is 0.933. The molecule has 1 unspecified atom stereocenters. The van der Waals surface area contributed by atoms with Gasteiger partial charge in [0.25, 0.3) is 0 Å². The summed E-state index contributed by atoms with van der Waals surface area (Å²) in [6.07, 6.45) is 6.03. The maximum Gasteiger partial charge on any atom is 0.244 e. The molecular weight excluding hydrogens is 440 g/mol. The van der Waals surface area contributed by atoms with E-state index in [-0.39, 0.29) is 10.8 Å². The van der Waals surface area contributed by atoms with E-state index in [1.54, 1.807) is 30.0 Å². The Balaban J connectivity index is 1.64. The second kappa shape index (κ2) is 11.2. The largest absolute Gasteiger partial charge is 0.301 e. The van der Waals surface area contributed by atoms with Crippen molar-refractivity contribution < 1.29 is 13.2 Å². The maximum atomic E-state index is 12.8. The van der Waals surface area contributed by atoms with Crippen LogP contribution in [0.4, 0.5) is 5.13 Å². The molecule has 1 aliphatic heterocycles. The van der Waals surface area contributed by atoms with E-state index in [9.17, 15) is 13.2 Å². The zero-order valence-electron chi connectivity index (χ0n) is 17.0. The van der Waals surface area contributed by atoms with Crippen molar-refractivity contribution in [1.29, 1.82) is 0 Å². The van der Waals surface area contributed by atoms with Gasteiger partial charge in [0.05, 0.1) is 10.6 Å². The molecule has 164 valence electrons. The number of hydrogen-bond donors (Lipinski definition) is 2. The van der Waals surface area contributed by atoms with Crippen LogP contribution >= 0.6 is 23.1 Å². The fourth-order valence-corrected chi connectivity index (χ4v) is 5.74. The molecular formula is C20H28N4O3S3. The van der Waals surface area contributed by atoms with Gasteiger partial charge in [-0.1, -0.05) is 24.6 Å². The summed E-state index contributed by atoms with van der Waals surface area (Å²) in [5.74, 6) is 0.274. The van der Waals surface area contributed by atoms with E-state index < -0.39 is 16.1 Å². The number of rotatable bonds is 10. The van der Waals surface area contributed by atoms with Crippen LogP contribution in [-0.2, 0) is 21.4 Å². The minimum Gasteiger partial charge on any atom is -0.301 e.